The van der Waals surface area contributed by atoms with Gasteiger partial charge in [-0.3, -0.25) is 0 Å². The van der Waals surface area contributed by atoms with Gasteiger partial charge in [-0.05, 0) is 27.2 Å². The van der Waals surface area contributed by atoms with Crippen LogP contribution in [-0.4, -0.2) is 12.1 Å². The number of carbonyl (C=O) groups excluding carboxylic acids is 1. The molecule has 0 N–H and O–H groups in total. The van der Waals surface area contributed by atoms with Crippen LogP contribution in [0.15, 0.2) is 12.2 Å². The van der Waals surface area contributed by atoms with Crippen LogP contribution in [-0.2, 0) is 9.53 Å². The molecule has 0 saturated heterocycles. The highest BCUT2D eigenvalue weighted by atomic mass is 16.5. The van der Waals surface area contributed by atoms with E-state index in [0.717, 1.165) is 0 Å². The average molecular weight is 140 g/mol. The summed E-state index contributed by atoms with van der Waals surface area (Å²) in [6, 6.07) is 0. The summed E-state index contributed by atoms with van der Waals surface area (Å²) in [6.45, 7) is 12.1. The van der Waals surface area contributed by atoms with Gasteiger partial charge in [0.15, 0.2) is 0 Å². The second-order valence-corrected chi connectivity index (χ2v) is 2.10. The van der Waals surface area contributed by atoms with Crippen LogP contribution < -0.4 is 0 Å². The van der Waals surface area contributed by atoms with E-state index in [0.29, 0.717) is 12.0 Å². The third kappa shape index (κ3) is 3.28. The van der Waals surface area contributed by atoms with Crippen molar-refractivity contribution < 1.29 is 9.53 Å². The molecule has 0 aliphatic heterocycles. The van der Waals surface area contributed by atoms with E-state index in [-0.39, 0.29) is 6.10 Å². The van der Waals surface area contributed by atoms with Crippen molar-refractivity contribution >= 4 is 5.97 Å². The molecule has 2 heteroatoms. The summed E-state index contributed by atoms with van der Waals surface area (Å²) in [5.41, 5.74) is 0.391. The summed E-state index contributed by atoms with van der Waals surface area (Å²) in [6.07, 6.45) is 0.128. The van der Waals surface area contributed by atoms with Gasteiger partial charge in [0.1, 0.15) is 6.10 Å². The largest absolute Gasteiger partial charge is 0.459 e. The van der Waals surface area contributed by atoms with Gasteiger partial charge in [-0.1, -0.05) is 6.58 Å². The van der Waals surface area contributed by atoms with E-state index in [4.69, 9.17) is 4.74 Å². The summed E-state index contributed by atoms with van der Waals surface area (Å²) in [5.74, 6) is -0.399. The molecule has 0 aliphatic rings. The molecule has 2 nitrogen and oxygen atoms in total. The van der Waals surface area contributed by atoms with Crippen molar-refractivity contribution in [3.63, 3.8) is 0 Å². The molecule has 0 rings (SSSR count). The first-order valence-electron chi connectivity index (χ1n) is 3.06. The number of hydrogen-bond donors (Lipinski definition) is 0. The van der Waals surface area contributed by atoms with E-state index >= 15 is 0 Å². The lowest BCUT2D eigenvalue weighted by Gasteiger charge is -2.09. The van der Waals surface area contributed by atoms with Gasteiger partial charge in [0, 0.05) is 5.57 Å². The van der Waals surface area contributed by atoms with Crippen LogP contribution in [0.3, 0.4) is 0 Å². The Morgan fingerprint density at radius 1 is 1.70 bits per heavy atom. The first-order chi connectivity index (χ1) is 4.57. The molecule has 10 heavy (non-hydrogen) atoms. The van der Waals surface area contributed by atoms with Crippen LogP contribution in [0.5, 0.6) is 0 Å². The Labute approximate surface area is 61.9 Å². The lowest BCUT2D eigenvalue weighted by Crippen LogP contribution is -2.14. The maximum Gasteiger partial charge on any atom is 0.333 e. The number of ether oxygens (including phenoxy) is 1. The Bertz CT molecular complexity index is 138. The Balaban J connectivity index is 3.68. The molecule has 0 bridgehead atoms. The van der Waals surface area contributed by atoms with Gasteiger partial charge >= 0.3 is 5.97 Å². The molecule has 0 aromatic carbocycles. The van der Waals surface area contributed by atoms with E-state index in [1.54, 1.807) is 6.92 Å². The fourth-order valence-electron chi connectivity index (χ4n) is 0.311. The van der Waals surface area contributed by atoms with E-state index < -0.39 is 5.97 Å². The third-order valence-electron chi connectivity index (χ3n) is 0.944. The van der Waals surface area contributed by atoms with Crippen molar-refractivity contribution in [2.24, 2.45) is 0 Å². The van der Waals surface area contributed by atoms with Crippen molar-refractivity contribution in [3.8, 4) is 0 Å². The molecule has 56 valence electrons. The quantitative estimate of drug-likeness (QED) is 0.439. The predicted octanol–water partition coefficient (Wildman–Crippen LogP) is 1.53. The third-order valence-corrected chi connectivity index (χ3v) is 0.944. The van der Waals surface area contributed by atoms with Gasteiger partial charge < -0.3 is 4.74 Å². The van der Waals surface area contributed by atoms with Crippen molar-refractivity contribution in [3.05, 3.63) is 26.0 Å². The monoisotopic (exact) mass is 140 g/mol. The fraction of sp³-hybridized carbons (Fsp3) is 0.375. The maximum atomic E-state index is 10.7. The van der Waals surface area contributed by atoms with Crippen molar-refractivity contribution in [2.75, 3.05) is 0 Å². The number of esters is 1. The normalized spacial score (nSPS) is 12.3. The molecule has 0 fully saturated rings. The molecule has 0 aliphatic carbocycles. The van der Waals surface area contributed by atoms with Crippen molar-refractivity contribution in [1.29, 1.82) is 0 Å². The minimum Gasteiger partial charge on any atom is -0.459 e. The van der Waals surface area contributed by atoms with Crippen LogP contribution >= 0.6 is 0 Å². The molecular formula is C8H12O2. The second-order valence-electron chi connectivity index (χ2n) is 2.10. The number of hydrogen-bond acceptors (Lipinski definition) is 2. The second kappa shape index (κ2) is 4.09. The number of carbonyl (C=O) groups is 1. The molecule has 0 spiro atoms. The Morgan fingerprint density at radius 2 is 2.20 bits per heavy atom. The average Bonchev–Trinajstić information content (AvgIpc) is 1.87. The minimum atomic E-state index is -0.399. The molecule has 0 aromatic rings. The van der Waals surface area contributed by atoms with Crippen LogP contribution in [0, 0.1) is 13.8 Å². The molecular weight excluding hydrogens is 128 g/mol. The Hall–Kier alpha value is -0.790. The SMILES string of the molecule is [CH2]CC([CH2])OC(=O)C(=C)C. The smallest absolute Gasteiger partial charge is 0.333 e. The topological polar surface area (TPSA) is 26.3 Å². The number of rotatable bonds is 3. The zero-order valence-corrected chi connectivity index (χ0v) is 6.22. The molecule has 1 unspecified atom stereocenters. The summed E-state index contributed by atoms with van der Waals surface area (Å²) in [4.78, 5) is 10.7. The highest BCUT2D eigenvalue weighted by molar-refractivity contribution is 5.87. The predicted molar refractivity (Wildman–Crippen MR) is 40.0 cm³/mol. The summed E-state index contributed by atoms with van der Waals surface area (Å²) >= 11 is 0. The van der Waals surface area contributed by atoms with Crippen molar-refractivity contribution in [1.82, 2.24) is 0 Å². The summed E-state index contributed by atoms with van der Waals surface area (Å²) < 4.78 is 4.75. The van der Waals surface area contributed by atoms with Crippen LogP contribution in [0.25, 0.3) is 0 Å². The van der Waals surface area contributed by atoms with Gasteiger partial charge in [0.25, 0.3) is 0 Å². The standard InChI is InChI=1S/C8H12O2/c1-5-7(4)10-8(9)6(2)3/h7H,1-2,4-5H2,3H3. The molecule has 0 aromatic heterocycles. The van der Waals surface area contributed by atoms with Crippen LogP contribution in [0.1, 0.15) is 13.3 Å². The highest BCUT2D eigenvalue weighted by Gasteiger charge is 2.06. The maximum absolute atomic E-state index is 10.7. The molecule has 1 atom stereocenters. The van der Waals surface area contributed by atoms with E-state index in [1.165, 1.54) is 0 Å². The summed E-state index contributed by atoms with van der Waals surface area (Å²) in [5, 5.41) is 0. The van der Waals surface area contributed by atoms with Gasteiger partial charge in [0.05, 0.1) is 0 Å². The van der Waals surface area contributed by atoms with Gasteiger partial charge in [-0.25, -0.2) is 4.79 Å². The summed E-state index contributed by atoms with van der Waals surface area (Å²) in [7, 11) is 0. The fourth-order valence-corrected chi connectivity index (χ4v) is 0.311. The lowest BCUT2D eigenvalue weighted by atomic mass is 10.3. The van der Waals surface area contributed by atoms with Crippen LogP contribution in [0.4, 0.5) is 0 Å². The first-order valence-corrected chi connectivity index (χ1v) is 3.06. The molecule has 0 saturated carbocycles. The Morgan fingerprint density at radius 3 is 2.50 bits per heavy atom. The van der Waals surface area contributed by atoms with Crippen LogP contribution in [0.2, 0.25) is 0 Å². The molecule has 0 amide bonds. The Kier molecular flexibility index (Phi) is 3.77. The lowest BCUT2D eigenvalue weighted by molar-refractivity contribution is -0.142. The minimum absolute atomic E-state index is 0.357. The zero-order chi connectivity index (χ0) is 8.15. The van der Waals surface area contributed by atoms with E-state index in [1.807, 2.05) is 0 Å². The van der Waals surface area contributed by atoms with Crippen molar-refractivity contribution in [2.45, 2.75) is 19.4 Å². The first kappa shape index (κ1) is 9.21. The highest BCUT2D eigenvalue weighted by Crippen LogP contribution is 1.99. The molecule has 0 heterocycles. The van der Waals surface area contributed by atoms with E-state index in [9.17, 15) is 4.79 Å². The van der Waals surface area contributed by atoms with Gasteiger partial charge in [-0.15, -0.1) is 0 Å². The zero-order valence-electron chi connectivity index (χ0n) is 6.22. The van der Waals surface area contributed by atoms with Gasteiger partial charge in [0.2, 0.25) is 0 Å². The molecule has 2 radical (unpaired) electrons. The van der Waals surface area contributed by atoms with Gasteiger partial charge in [-0.2, -0.15) is 0 Å². The van der Waals surface area contributed by atoms with E-state index in [2.05, 4.69) is 20.4 Å².